The minimum absolute atomic E-state index is 0.219. The van der Waals surface area contributed by atoms with Gasteiger partial charge in [-0.25, -0.2) is 0 Å². The van der Waals surface area contributed by atoms with E-state index < -0.39 is 0 Å². The molecule has 16 heavy (non-hydrogen) atoms. The number of hydrogen-bond acceptors (Lipinski definition) is 2. The molecule has 3 rings (SSSR count). The molecule has 1 aliphatic heterocycles. The lowest BCUT2D eigenvalue weighted by molar-refractivity contribution is -0.111. The zero-order valence-corrected chi connectivity index (χ0v) is 10.5. The van der Waals surface area contributed by atoms with E-state index in [1.807, 2.05) is 13.0 Å². The van der Waals surface area contributed by atoms with Crippen LogP contribution >= 0.6 is 0 Å². The van der Waals surface area contributed by atoms with Gasteiger partial charge in [-0.2, -0.15) is 0 Å². The average molecular weight is 217 g/mol. The predicted octanol–water partition coefficient (Wildman–Crippen LogP) is 2.52. The Hall–Kier alpha value is -1.05. The van der Waals surface area contributed by atoms with Crippen molar-refractivity contribution in [3.63, 3.8) is 0 Å². The fourth-order valence-corrected chi connectivity index (χ4v) is 3.56. The van der Waals surface area contributed by atoms with E-state index in [0.717, 1.165) is 18.0 Å². The van der Waals surface area contributed by atoms with E-state index in [-0.39, 0.29) is 11.2 Å². The van der Waals surface area contributed by atoms with Crippen molar-refractivity contribution in [2.75, 3.05) is 6.54 Å². The Bertz CT molecular complexity index is 444. The molecule has 0 N–H and O–H groups in total. The fraction of sp³-hybridized carbons (Fsp3) is 0.643. The Kier molecular flexibility index (Phi) is 1.77. The molecule has 0 amide bonds. The highest BCUT2D eigenvalue weighted by molar-refractivity contribution is 6.06. The molecule has 0 bridgehead atoms. The number of rotatable bonds is 1. The van der Waals surface area contributed by atoms with Crippen molar-refractivity contribution in [2.24, 2.45) is 11.3 Å². The van der Waals surface area contributed by atoms with E-state index in [4.69, 9.17) is 0 Å². The number of carbonyl (C=O) groups excluding carboxylic acids is 1. The van der Waals surface area contributed by atoms with Crippen molar-refractivity contribution in [3.05, 3.63) is 22.9 Å². The van der Waals surface area contributed by atoms with Gasteiger partial charge in [-0.15, -0.1) is 0 Å². The van der Waals surface area contributed by atoms with Crippen LogP contribution in [0.5, 0.6) is 0 Å². The lowest BCUT2D eigenvalue weighted by Crippen LogP contribution is -2.32. The lowest BCUT2D eigenvalue weighted by atomic mass is 9.83. The normalized spacial score (nSPS) is 36.6. The molecule has 86 valence electrons. The highest BCUT2D eigenvalue weighted by Crippen LogP contribution is 2.69. The molecule has 1 saturated carbocycles. The van der Waals surface area contributed by atoms with Crippen LogP contribution in [0.1, 0.15) is 34.1 Å². The van der Waals surface area contributed by atoms with Gasteiger partial charge < -0.3 is 4.90 Å². The predicted molar refractivity (Wildman–Crippen MR) is 63.8 cm³/mol. The number of ketones is 1. The van der Waals surface area contributed by atoms with Crippen LogP contribution in [-0.4, -0.2) is 23.3 Å². The third kappa shape index (κ3) is 0.957. The summed E-state index contributed by atoms with van der Waals surface area (Å²) in [5.41, 5.74) is 3.89. The second kappa shape index (κ2) is 2.79. The van der Waals surface area contributed by atoms with Gasteiger partial charge >= 0.3 is 0 Å². The topological polar surface area (TPSA) is 20.3 Å². The lowest BCUT2D eigenvalue weighted by Gasteiger charge is -2.33. The van der Waals surface area contributed by atoms with Crippen LogP contribution in [0, 0.1) is 11.3 Å². The van der Waals surface area contributed by atoms with E-state index in [1.54, 1.807) is 0 Å². The van der Waals surface area contributed by atoms with E-state index in [0.29, 0.717) is 6.04 Å². The molecule has 2 aliphatic carbocycles. The molecule has 1 spiro atoms. The number of likely N-dealkylation sites (tertiary alicyclic amines) is 1. The molecule has 0 aromatic rings. The van der Waals surface area contributed by atoms with Crippen LogP contribution < -0.4 is 0 Å². The van der Waals surface area contributed by atoms with Crippen molar-refractivity contribution >= 4 is 5.78 Å². The maximum atomic E-state index is 11.9. The molecule has 1 heterocycles. The summed E-state index contributed by atoms with van der Waals surface area (Å²) in [6.07, 6.45) is 3.16. The van der Waals surface area contributed by atoms with Gasteiger partial charge in [0.25, 0.3) is 0 Å². The Labute approximate surface area is 97.0 Å². The van der Waals surface area contributed by atoms with Gasteiger partial charge in [0.2, 0.25) is 0 Å². The second-order valence-corrected chi connectivity index (χ2v) is 5.76. The van der Waals surface area contributed by atoms with Crippen LogP contribution in [0.4, 0.5) is 0 Å². The van der Waals surface area contributed by atoms with Crippen molar-refractivity contribution in [1.29, 1.82) is 0 Å². The van der Waals surface area contributed by atoms with Gasteiger partial charge in [0, 0.05) is 29.8 Å². The highest BCUT2D eigenvalue weighted by Gasteiger charge is 2.65. The first-order chi connectivity index (χ1) is 7.48. The van der Waals surface area contributed by atoms with Crippen molar-refractivity contribution < 1.29 is 4.79 Å². The Morgan fingerprint density at radius 1 is 1.44 bits per heavy atom. The quantitative estimate of drug-likeness (QED) is 0.672. The Morgan fingerprint density at radius 2 is 2.12 bits per heavy atom. The highest BCUT2D eigenvalue weighted by atomic mass is 16.1. The van der Waals surface area contributed by atoms with Gasteiger partial charge in [-0.3, -0.25) is 4.79 Å². The number of piperidine rings is 1. The van der Waals surface area contributed by atoms with E-state index in [2.05, 4.69) is 25.7 Å². The van der Waals surface area contributed by atoms with Crippen LogP contribution in [0.2, 0.25) is 0 Å². The largest absolute Gasteiger partial charge is 0.371 e. The SMILES string of the molecule is CC1=C(C)C23CC2CN(C(C)C)C3=CC1=O. The Balaban J connectivity index is 2.09. The van der Waals surface area contributed by atoms with Crippen LogP contribution in [0.25, 0.3) is 0 Å². The first-order valence-corrected chi connectivity index (χ1v) is 6.19. The molecule has 1 saturated heterocycles. The summed E-state index contributed by atoms with van der Waals surface area (Å²) in [6, 6.07) is 0.509. The number of hydrogen-bond donors (Lipinski definition) is 0. The van der Waals surface area contributed by atoms with Gasteiger partial charge in [-0.05, 0) is 45.6 Å². The first-order valence-electron chi connectivity index (χ1n) is 6.19. The maximum absolute atomic E-state index is 11.9. The molecule has 2 nitrogen and oxygen atoms in total. The Morgan fingerprint density at radius 3 is 2.75 bits per heavy atom. The molecule has 2 fully saturated rings. The number of allylic oxidation sites excluding steroid dienone is 3. The minimum Gasteiger partial charge on any atom is -0.371 e. The average Bonchev–Trinajstić information content (AvgIpc) is 2.86. The van der Waals surface area contributed by atoms with Crippen LogP contribution in [-0.2, 0) is 4.79 Å². The summed E-state index contributed by atoms with van der Waals surface area (Å²) >= 11 is 0. The van der Waals surface area contributed by atoms with Crippen LogP contribution in [0.15, 0.2) is 22.9 Å². The monoisotopic (exact) mass is 217 g/mol. The van der Waals surface area contributed by atoms with Gasteiger partial charge in [0.15, 0.2) is 5.78 Å². The molecule has 0 aromatic carbocycles. The van der Waals surface area contributed by atoms with E-state index >= 15 is 0 Å². The van der Waals surface area contributed by atoms with Gasteiger partial charge in [0.1, 0.15) is 0 Å². The first kappa shape index (κ1) is 10.1. The zero-order valence-electron chi connectivity index (χ0n) is 10.5. The van der Waals surface area contributed by atoms with E-state index in [9.17, 15) is 4.79 Å². The van der Waals surface area contributed by atoms with Gasteiger partial charge in [-0.1, -0.05) is 5.57 Å². The van der Waals surface area contributed by atoms with Gasteiger partial charge in [0.05, 0.1) is 0 Å². The second-order valence-electron chi connectivity index (χ2n) is 5.76. The maximum Gasteiger partial charge on any atom is 0.183 e. The summed E-state index contributed by atoms with van der Waals surface area (Å²) in [5.74, 6) is 0.987. The van der Waals surface area contributed by atoms with Crippen molar-refractivity contribution in [1.82, 2.24) is 4.90 Å². The summed E-state index contributed by atoms with van der Waals surface area (Å²) < 4.78 is 0. The molecule has 2 unspecified atom stereocenters. The summed E-state index contributed by atoms with van der Waals surface area (Å²) in [4.78, 5) is 14.3. The van der Waals surface area contributed by atoms with E-state index in [1.165, 1.54) is 17.7 Å². The van der Waals surface area contributed by atoms with Crippen molar-refractivity contribution in [3.8, 4) is 0 Å². The summed E-state index contributed by atoms with van der Waals surface area (Å²) in [6.45, 7) is 9.70. The number of nitrogens with zero attached hydrogens (tertiary/aromatic N) is 1. The fourth-order valence-electron chi connectivity index (χ4n) is 3.56. The summed E-state index contributed by atoms with van der Waals surface area (Å²) in [5, 5.41) is 0. The molecule has 2 heteroatoms. The molecule has 3 aliphatic rings. The van der Waals surface area contributed by atoms with Crippen molar-refractivity contribution in [2.45, 2.75) is 40.2 Å². The zero-order chi connectivity index (χ0) is 11.7. The molecule has 0 aromatic heterocycles. The third-order valence-electron chi connectivity index (χ3n) is 4.78. The molecular formula is C14H19NO. The molecular weight excluding hydrogens is 198 g/mol. The molecule has 0 radical (unpaired) electrons. The number of carbonyl (C=O) groups is 1. The molecule has 2 atom stereocenters. The minimum atomic E-state index is 0.219. The van der Waals surface area contributed by atoms with Crippen LogP contribution in [0.3, 0.4) is 0 Å². The smallest absolute Gasteiger partial charge is 0.183 e. The third-order valence-corrected chi connectivity index (χ3v) is 4.78. The standard InChI is InChI=1S/C14H19NO/c1-8(2)15-7-11-6-14(11)10(4)9(3)12(16)5-13(14)15/h5,8,11H,6-7H2,1-4H3. The summed E-state index contributed by atoms with van der Waals surface area (Å²) in [7, 11) is 0.